The van der Waals surface area contributed by atoms with Gasteiger partial charge in [0, 0.05) is 38.1 Å². The van der Waals surface area contributed by atoms with E-state index in [1.54, 1.807) is 17.2 Å². The third kappa shape index (κ3) is 3.88. The highest BCUT2D eigenvalue weighted by Crippen LogP contribution is 2.21. The van der Waals surface area contributed by atoms with Gasteiger partial charge >= 0.3 is 0 Å². The van der Waals surface area contributed by atoms with Crippen LogP contribution in [0.3, 0.4) is 0 Å². The Bertz CT molecular complexity index is 974. The van der Waals surface area contributed by atoms with Gasteiger partial charge in [-0.2, -0.15) is 9.40 Å². The molecule has 0 spiro atoms. The molecule has 8 heteroatoms. The van der Waals surface area contributed by atoms with Gasteiger partial charge < -0.3 is 4.90 Å². The minimum absolute atomic E-state index is 0.0416. The van der Waals surface area contributed by atoms with Gasteiger partial charge in [-0.3, -0.25) is 9.48 Å². The van der Waals surface area contributed by atoms with Crippen LogP contribution in [0.4, 0.5) is 0 Å². The number of aryl methyl sites for hydroxylation is 1. The summed E-state index contributed by atoms with van der Waals surface area (Å²) in [6.07, 6.45) is 6.31. The average molecular weight is 401 g/mol. The highest BCUT2D eigenvalue weighted by molar-refractivity contribution is 7.92. The van der Waals surface area contributed by atoms with E-state index < -0.39 is 10.0 Å². The smallest absolute Gasteiger partial charge is 0.257 e. The number of amides is 1. The molecule has 3 heterocycles. The molecular weight excluding hydrogens is 376 g/mol. The maximum atomic E-state index is 12.9. The Hall–Kier alpha value is -2.45. The lowest BCUT2D eigenvalue weighted by molar-refractivity contribution is 0.0697. The molecule has 1 aromatic heterocycles. The number of carbonyl (C=O) groups is 1. The molecule has 0 unspecified atom stereocenters. The summed E-state index contributed by atoms with van der Waals surface area (Å²) >= 11 is 0. The summed E-state index contributed by atoms with van der Waals surface area (Å²) in [6.45, 7) is 2.25. The van der Waals surface area contributed by atoms with Crippen LogP contribution in [-0.4, -0.2) is 59.5 Å². The normalized spacial score (nSPS) is 18.4. The van der Waals surface area contributed by atoms with Crippen LogP contribution in [0.2, 0.25) is 0 Å². The van der Waals surface area contributed by atoms with Crippen molar-refractivity contribution in [2.24, 2.45) is 0 Å². The number of benzene rings is 1. The second-order valence-corrected chi connectivity index (χ2v) is 8.95. The molecule has 2 aliphatic rings. The van der Waals surface area contributed by atoms with Crippen LogP contribution in [-0.2, 0) is 23.0 Å². The number of aromatic nitrogens is 2. The fourth-order valence-corrected chi connectivity index (χ4v) is 4.90. The first-order valence-electron chi connectivity index (χ1n) is 9.62. The van der Waals surface area contributed by atoms with E-state index in [1.165, 1.54) is 9.71 Å². The maximum absolute atomic E-state index is 12.9. The summed E-state index contributed by atoms with van der Waals surface area (Å²) in [7, 11) is -3.50. The highest BCUT2D eigenvalue weighted by Gasteiger charge is 2.30. The fourth-order valence-electron chi connectivity index (χ4n) is 3.73. The topological polar surface area (TPSA) is 75.5 Å². The van der Waals surface area contributed by atoms with Crippen LogP contribution in [0.25, 0.3) is 6.08 Å². The maximum Gasteiger partial charge on any atom is 0.257 e. The molecule has 0 radical (unpaired) electrons. The van der Waals surface area contributed by atoms with Crippen molar-refractivity contribution in [2.45, 2.75) is 25.8 Å². The van der Waals surface area contributed by atoms with Crippen molar-refractivity contribution in [3.8, 4) is 0 Å². The van der Waals surface area contributed by atoms with E-state index in [4.69, 9.17) is 0 Å². The molecule has 0 N–H and O–H groups in total. The van der Waals surface area contributed by atoms with Crippen LogP contribution in [0.5, 0.6) is 0 Å². The zero-order valence-electron chi connectivity index (χ0n) is 15.7. The first kappa shape index (κ1) is 18.9. The Morgan fingerprint density at radius 2 is 1.75 bits per heavy atom. The Labute approximate surface area is 165 Å². The van der Waals surface area contributed by atoms with Crippen molar-refractivity contribution in [3.05, 3.63) is 58.8 Å². The second-order valence-electron chi connectivity index (χ2n) is 7.13. The molecule has 0 aliphatic carbocycles. The number of sulfonamides is 1. The van der Waals surface area contributed by atoms with Gasteiger partial charge in [-0.05, 0) is 30.9 Å². The van der Waals surface area contributed by atoms with Crippen LogP contribution in [0.15, 0.2) is 41.9 Å². The van der Waals surface area contributed by atoms with Gasteiger partial charge in [-0.1, -0.05) is 30.3 Å². The van der Waals surface area contributed by atoms with Crippen molar-refractivity contribution in [3.63, 3.8) is 0 Å². The van der Waals surface area contributed by atoms with Crippen molar-refractivity contribution in [1.29, 1.82) is 0 Å². The molecule has 4 rings (SSSR count). The minimum Gasteiger partial charge on any atom is -0.336 e. The highest BCUT2D eigenvalue weighted by atomic mass is 32.2. The van der Waals surface area contributed by atoms with Crippen LogP contribution >= 0.6 is 0 Å². The number of carbonyl (C=O) groups excluding carboxylic acids is 1. The van der Waals surface area contributed by atoms with Gasteiger partial charge in [0.2, 0.25) is 10.0 Å². The molecule has 28 heavy (non-hydrogen) atoms. The largest absolute Gasteiger partial charge is 0.336 e. The molecular formula is C20H24N4O3S. The van der Waals surface area contributed by atoms with Crippen LogP contribution < -0.4 is 0 Å². The summed E-state index contributed by atoms with van der Waals surface area (Å²) in [6, 6.07) is 9.34. The number of nitrogens with zero attached hydrogens (tertiary/aromatic N) is 4. The lowest BCUT2D eigenvalue weighted by atomic mass is 10.1. The predicted molar refractivity (Wildman–Crippen MR) is 107 cm³/mol. The zero-order valence-corrected chi connectivity index (χ0v) is 16.5. The van der Waals surface area contributed by atoms with E-state index in [0.717, 1.165) is 37.1 Å². The Balaban J connectivity index is 1.39. The fraction of sp³-hybridized carbons (Fsp3) is 0.400. The first-order valence-corrected chi connectivity index (χ1v) is 11.1. The molecule has 7 nitrogen and oxygen atoms in total. The van der Waals surface area contributed by atoms with E-state index >= 15 is 0 Å². The van der Waals surface area contributed by atoms with Crippen molar-refractivity contribution in [1.82, 2.24) is 19.0 Å². The van der Waals surface area contributed by atoms with Crippen LogP contribution in [0, 0.1) is 0 Å². The van der Waals surface area contributed by atoms with E-state index in [2.05, 4.69) is 5.10 Å². The molecule has 0 atom stereocenters. The Morgan fingerprint density at radius 3 is 2.50 bits per heavy atom. The monoisotopic (exact) mass is 400 g/mol. The summed E-state index contributed by atoms with van der Waals surface area (Å²) in [5.41, 5.74) is 2.52. The Kier molecular flexibility index (Phi) is 5.32. The van der Waals surface area contributed by atoms with Gasteiger partial charge in [0.05, 0.1) is 17.5 Å². The first-order chi connectivity index (χ1) is 13.5. The number of fused-ring (bicyclic) bond motifs is 1. The molecule has 1 aromatic carbocycles. The van der Waals surface area contributed by atoms with Crippen molar-refractivity contribution in [2.75, 3.05) is 26.2 Å². The van der Waals surface area contributed by atoms with E-state index in [0.29, 0.717) is 31.7 Å². The predicted octanol–water partition coefficient (Wildman–Crippen LogP) is 1.98. The lowest BCUT2D eigenvalue weighted by Gasteiger charge is -2.33. The lowest BCUT2D eigenvalue weighted by Crippen LogP contribution is -2.50. The Morgan fingerprint density at radius 1 is 1.00 bits per heavy atom. The quantitative estimate of drug-likeness (QED) is 0.786. The third-order valence-electron chi connectivity index (χ3n) is 5.33. The number of hydrogen-bond donors (Lipinski definition) is 0. The molecule has 148 valence electrons. The molecule has 2 aliphatic heterocycles. The molecule has 1 saturated heterocycles. The number of hydrogen-bond acceptors (Lipinski definition) is 4. The minimum atomic E-state index is -3.50. The van der Waals surface area contributed by atoms with Crippen molar-refractivity contribution < 1.29 is 13.2 Å². The van der Waals surface area contributed by atoms with Gasteiger partial charge in [-0.25, -0.2) is 8.42 Å². The summed E-state index contributed by atoms with van der Waals surface area (Å²) in [5, 5.41) is 5.58. The summed E-state index contributed by atoms with van der Waals surface area (Å²) in [5.74, 6) is -0.0416. The van der Waals surface area contributed by atoms with Gasteiger partial charge in [-0.15, -0.1) is 0 Å². The zero-order chi connectivity index (χ0) is 19.6. The average Bonchev–Trinajstić information content (AvgIpc) is 3.17. The second kappa shape index (κ2) is 7.89. The standard InChI is InChI=1S/C20H24N4O3S/c25-20(18-16-21-24-10-5-4-8-19(18)24)22-11-13-23(14-12-22)28(26,27)15-9-17-6-2-1-3-7-17/h1-3,6-7,9,15-16H,4-5,8,10-14H2/b15-9+. The molecule has 2 aromatic rings. The third-order valence-corrected chi connectivity index (χ3v) is 6.90. The van der Waals surface area contributed by atoms with Gasteiger partial charge in [0.25, 0.3) is 5.91 Å². The van der Waals surface area contributed by atoms with Crippen molar-refractivity contribution >= 4 is 22.0 Å². The number of rotatable bonds is 4. The van der Waals surface area contributed by atoms with Gasteiger partial charge in [0.1, 0.15) is 0 Å². The van der Waals surface area contributed by atoms with Crippen LogP contribution in [0.1, 0.15) is 34.5 Å². The molecule has 0 bridgehead atoms. The van der Waals surface area contributed by atoms with E-state index in [-0.39, 0.29) is 5.91 Å². The molecule has 1 fully saturated rings. The molecule has 1 amide bonds. The SMILES string of the molecule is O=C(c1cnn2c1CCCC2)N1CCN(S(=O)(=O)/C=C/c2ccccc2)CC1. The summed E-state index contributed by atoms with van der Waals surface area (Å²) in [4.78, 5) is 14.6. The van der Waals surface area contributed by atoms with Gasteiger partial charge in [0.15, 0.2) is 0 Å². The van der Waals surface area contributed by atoms with E-state index in [9.17, 15) is 13.2 Å². The van der Waals surface area contributed by atoms with E-state index in [1.807, 2.05) is 35.0 Å². The molecule has 0 saturated carbocycles. The number of piperazine rings is 1. The summed E-state index contributed by atoms with van der Waals surface area (Å²) < 4.78 is 28.5.